The van der Waals surface area contributed by atoms with E-state index in [2.05, 4.69) is 27.6 Å². The zero-order valence-electron chi connectivity index (χ0n) is 11.1. The Morgan fingerprint density at radius 2 is 2.37 bits per heavy atom. The number of anilines is 1. The van der Waals surface area contributed by atoms with Crippen molar-refractivity contribution in [3.05, 3.63) is 29.6 Å². The molecule has 0 bridgehead atoms. The first kappa shape index (κ1) is 12.2. The minimum absolute atomic E-state index is 0.0923. The first-order valence-corrected chi connectivity index (χ1v) is 6.49. The van der Waals surface area contributed by atoms with Gasteiger partial charge in [0, 0.05) is 31.3 Å². The first-order valence-electron chi connectivity index (χ1n) is 6.49. The van der Waals surface area contributed by atoms with E-state index in [0.29, 0.717) is 18.1 Å². The van der Waals surface area contributed by atoms with Gasteiger partial charge in [-0.25, -0.2) is 0 Å². The van der Waals surface area contributed by atoms with E-state index in [4.69, 9.17) is 9.26 Å². The van der Waals surface area contributed by atoms with Crippen LogP contribution in [0.5, 0.6) is 0 Å². The highest BCUT2D eigenvalue weighted by molar-refractivity contribution is 5.64. The van der Waals surface area contributed by atoms with Crippen LogP contribution in [0.2, 0.25) is 0 Å². The highest BCUT2D eigenvalue weighted by Crippen LogP contribution is 2.27. The third-order valence-electron chi connectivity index (χ3n) is 3.40. The number of benzene rings is 1. The number of rotatable bonds is 4. The zero-order chi connectivity index (χ0) is 13.2. The fraction of sp³-hybridized carbons (Fsp3) is 0.429. The van der Waals surface area contributed by atoms with Gasteiger partial charge in [0.1, 0.15) is 0 Å². The molecule has 1 atom stereocenters. The molecule has 1 aromatic carbocycles. The zero-order valence-corrected chi connectivity index (χ0v) is 11.1. The summed E-state index contributed by atoms with van der Waals surface area (Å²) in [6, 6.07) is 6.19. The van der Waals surface area contributed by atoms with Crippen LogP contribution in [0.1, 0.15) is 18.3 Å². The van der Waals surface area contributed by atoms with Crippen molar-refractivity contribution >= 4 is 5.69 Å². The second-order valence-electron chi connectivity index (χ2n) is 4.81. The maximum absolute atomic E-state index is 5.32. The van der Waals surface area contributed by atoms with Crippen molar-refractivity contribution in [2.24, 2.45) is 0 Å². The number of hydrogen-bond acceptors (Lipinski definition) is 5. The van der Waals surface area contributed by atoms with Gasteiger partial charge in [-0.1, -0.05) is 5.16 Å². The van der Waals surface area contributed by atoms with Gasteiger partial charge < -0.3 is 14.6 Å². The molecule has 0 amide bonds. The lowest BCUT2D eigenvalue weighted by Gasteiger charge is -2.04. The topological polar surface area (TPSA) is 60.2 Å². The van der Waals surface area contributed by atoms with E-state index >= 15 is 0 Å². The molecule has 1 N–H and O–H groups in total. The van der Waals surface area contributed by atoms with Gasteiger partial charge in [-0.3, -0.25) is 0 Å². The van der Waals surface area contributed by atoms with Gasteiger partial charge in [0.05, 0.1) is 6.10 Å². The highest BCUT2D eigenvalue weighted by atomic mass is 16.5. The smallest absolute Gasteiger partial charge is 0.257 e. The molecule has 5 heteroatoms. The molecule has 1 aliphatic rings. The standard InChI is InChI=1S/C14H17N3O2/c1-9(18-2)7-13-16-14(19-17-13)11-3-4-12-10(8-11)5-6-15-12/h3-4,8-9,15H,5-7H2,1-2H3. The lowest BCUT2D eigenvalue weighted by molar-refractivity contribution is 0.116. The molecule has 0 saturated carbocycles. The summed E-state index contributed by atoms with van der Waals surface area (Å²) in [5, 5.41) is 7.33. The fourth-order valence-electron chi connectivity index (χ4n) is 2.23. The summed E-state index contributed by atoms with van der Waals surface area (Å²) in [7, 11) is 1.68. The van der Waals surface area contributed by atoms with Gasteiger partial charge in [0.2, 0.25) is 0 Å². The third kappa shape index (κ3) is 2.46. The van der Waals surface area contributed by atoms with Crippen molar-refractivity contribution in [3.8, 4) is 11.5 Å². The number of ether oxygens (including phenoxy) is 1. The molecule has 100 valence electrons. The molecule has 1 aliphatic heterocycles. The van der Waals surface area contributed by atoms with E-state index in [9.17, 15) is 0 Å². The molecule has 2 aromatic rings. The Kier molecular flexibility index (Phi) is 3.21. The Balaban J connectivity index is 1.82. The molecule has 19 heavy (non-hydrogen) atoms. The summed E-state index contributed by atoms with van der Waals surface area (Å²) in [5.74, 6) is 1.26. The minimum Gasteiger partial charge on any atom is -0.384 e. The van der Waals surface area contributed by atoms with Crippen LogP contribution >= 0.6 is 0 Å². The van der Waals surface area contributed by atoms with Crippen molar-refractivity contribution in [3.63, 3.8) is 0 Å². The molecule has 3 rings (SSSR count). The number of hydrogen-bond donors (Lipinski definition) is 1. The summed E-state index contributed by atoms with van der Waals surface area (Å²) in [6.07, 6.45) is 1.80. The summed E-state index contributed by atoms with van der Waals surface area (Å²) < 4.78 is 10.5. The fourth-order valence-corrected chi connectivity index (χ4v) is 2.23. The summed E-state index contributed by atoms with van der Waals surface area (Å²) in [6.45, 7) is 2.98. The van der Waals surface area contributed by atoms with Crippen LogP contribution < -0.4 is 5.32 Å². The monoisotopic (exact) mass is 259 g/mol. The van der Waals surface area contributed by atoms with Gasteiger partial charge in [0.25, 0.3) is 5.89 Å². The van der Waals surface area contributed by atoms with Gasteiger partial charge in [-0.2, -0.15) is 4.98 Å². The Morgan fingerprint density at radius 3 is 3.21 bits per heavy atom. The third-order valence-corrected chi connectivity index (χ3v) is 3.40. The average Bonchev–Trinajstić information content (AvgIpc) is 3.05. The summed E-state index contributed by atoms with van der Waals surface area (Å²) >= 11 is 0. The number of methoxy groups -OCH3 is 1. The van der Waals surface area contributed by atoms with Crippen molar-refractivity contribution in [2.75, 3.05) is 19.0 Å². The number of fused-ring (bicyclic) bond motifs is 1. The lowest BCUT2D eigenvalue weighted by Crippen LogP contribution is -2.09. The normalized spacial score (nSPS) is 15.1. The van der Waals surface area contributed by atoms with Crippen LogP contribution in [-0.4, -0.2) is 29.9 Å². The van der Waals surface area contributed by atoms with Crippen LogP contribution in [0.3, 0.4) is 0 Å². The summed E-state index contributed by atoms with van der Waals surface area (Å²) in [4.78, 5) is 4.42. The summed E-state index contributed by atoms with van der Waals surface area (Å²) in [5.41, 5.74) is 3.49. The van der Waals surface area contributed by atoms with Crippen molar-refractivity contribution in [1.82, 2.24) is 10.1 Å². The van der Waals surface area contributed by atoms with Crippen molar-refractivity contribution < 1.29 is 9.26 Å². The molecular weight excluding hydrogens is 242 g/mol. The van der Waals surface area contributed by atoms with Gasteiger partial charge in [-0.05, 0) is 37.1 Å². The molecule has 0 aliphatic carbocycles. The first-order chi connectivity index (χ1) is 9.26. The number of aromatic nitrogens is 2. The Hall–Kier alpha value is -1.88. The molecule has 0 fully saturated rings. The van der Waals surface area contributed by atoms with E-state index in [1.807, 2.05) is 13.0 Å². The molecule has 1 unspecified atom stereocenters. The quantitative estimate of drug-likeness (QED) is 0.912. The lowest BCUT2D eigenvalue weighted by atomic mass is 10.1. The highest BCUT2D eigenvalue weighted by Gasteiger charge is 2.15. The van der Waals surface area contributed by atoms with E-state index in [0.717, 1.165) is 18.5 Å². The van der Waals surface area contributed by atoms with Crippen LogP contribution in [0.25, 0.3) is 11.5 Å². The predicted molar refractivity (Wildman–Crippen MR) is 72.1 cm³/mol. The predicted octanol–water partition coefficient (Wildman–Crippen LogP) is 2.28. The largest absolute Gasteiger partial charge is 0.384 e. The number of nitrogens with one attached hydrogen (secondary N) is 1. The van der Waals surface area contributed by atoms with Crippen LogP contribution in [0, 0.1) is 0 Å². The van der Waals surface area contributed by atoms with Gasteiger partial charge in [-0.15, -0.1) is 0 Å². The second kappa shape index (κ2) is 5.01. The SMILES string of the molecule is COC(C)Cc1noc(-c2ccc3c(c2)CCN3)n1. The number of nitrogens with zero attached hydrogens (tertiary/aromatic N) is 2. The maximum atomic E-state index is 5.32. The van der Waals surface area contributed by atoms with E-state index in [-0.39, 0.29) is 6.10 Å². The molecule has 1 aromatic heterocycles. The van der Waals surface area contributed by atoms with Crippen molar-refractivity contribution in [1.29, 1.82) is 0 Å². The maximum Gasteiger partial charge on any atom is 0.257 e. The molecular formula is C14H17N3O2. The Bertz CT molecular complexity index is 580. The minimum atomic E-state index is 0.0923. The molecule has 0 spiro atoms. The second-order valence-corrected chi connectivity index (χ2v) is 4.81. The van der Waals surface area contributed by atoms with Gasteiger partial charge >= 0.3 is 0 Å². The van der Waals surface area contributed by atoms with Crippen LogP contribution in [-0.2, 0) is 17.6 Å². The van der Waals surface area contributed by atoms with Crippen LogP contribution in [0.4, 0.5) is 5.69 Å². The van der Waals surface area contributed by atoms with E-state index in [1.54, 1.807) is 7.11 Å². The molecule has 0 radical (unpaired) electrons. The van der Waals surface area contributed by atoms with Crippen LogP contribution in [0.15, 0.2) is 22.7 Å². The Labute approximate surface area is 112 Å². The van der Waals surface area contributed by atoms with Crippen molar-refractivity contribution in [2.45, 2.75) is 25.9 Å². The van der Waals surface area contributed by atoms with E-state index < -0.39 is 0 Å². The van der Waals surface area contributed by atoms with E-state index in [1.165, 1.54) is 11.3 Å². The molecule has 0 saturated heterocycles. The molecule has 2 heterocycles. The van der Waals surface area contributed by atoms with Gasteiger partial charge in [0.15, 0.2) is 5.82 Å². The molecule has 5 nitrogen and oxygen atoms in total. The Morgan fingerprint density at radius 1 is 1.47 bits per heavy atom. The average molecular weight is 259 g/mol.